The SMILES string of the molecule is Cc1nc(Nc2ncccc2Br)sc1C. The number of rotatable bonds is 2. The van der Waals surface area contributed by atoms with Crippen LogP contribution in [-0.2, 0) is 0 Å². The van der Waals surface area contributed by atoms with Crippen LogP contribution in [0.5, 0.6) is 0 Å². The molecule has 0 spiro atoms. The Kier molecular flexibility index (Phi) is 3.02. The van der Waals surface area contributed by atoms with Crippen LogP contribution in [0.2, 0.25) is 0 Å². The first-order chi connectivity index (χ1) is 7.16. The van der Waals surface area contributed by atoms with Gasteiger partial charge in [-0.15, -0.1) is 11.3 Å². The highest BCUT2D eigenvalue weighted by molar-refractivity contribution is 9.10. The Balaban J connectivity index is 2.26. The summed E-state index contributed by atoms with van der Waals surface area (Å²) >= 11 is 5.07. The van der Waals surface area contributed by atoms with E-state index in [9.17, 15) is 0 Å². The molecule has 0 radical (unpaired) electrons. The molecule has 78 valence electrons. The van der Waals surface area contributed by atoms with E-state index in [2.05, 4.69) is 38.1 Å². The molecular weight excluding hydrogens is 274 g/mol. The fraction of sp³-hybridized carbons (Fsp3) is 0.200. The summed E-state index contributed by atoms with van der Waals surface area (Å²) in [5, 5.41) is 4.06. The van der Waals surface area contributed by atoms with E-state index in [4.69, 9.17) is 0 Å². The molecule has 3 nitrogen and oxygen atoms in total. The Bertz CT molecular complexity index is 462. The van der Waals surface area contributed by atoms with Gasteiger partial charge in [0.05, 0.1) is 10.2 Å². The van der Waals surface area contributed by atoms with Crippen LogP contribution in [0.1, 0.15) is 10.6 Å². The second-order valence-electron chi connectivity index (χ2n) is 3.12. The average molecular weight is 284 g/mol. The van der Waals surface area contributed by atoms with Gasteiger partial charge in [0.25, 0.3) is 0 Å². The number of pyridine rings is 1. The Hall–Kier alpha value is -0.940. The van der Waals surface area contributed by atoms with Crippen LogP contribution in [0.15, 0.2) is 22.8 Å². The van der Waals surface area contributed by atoms with Gasteiger partial charge in [0.2, 0.25) is 0 Å². The third kappa shape index (κ3) is 2.35. The molecule has 2 aromatic heterocycles. The average Bonchev–Trinajstić information content (AvgIpc) is 2.50. The molecule has 15 heavy (non-hydrogen) atoms. The van der Waals surface area contributed by atoms with Crippen molar-refractivity contribution in [2.75, 3.05) is 5.32 Å². The molecule has 0 bridgehead atoms. The largest absolute Gasteiger partial charge is 0.315 e. The molecule has 0 aliphatic carbocycles. The van der Waals surface area contributed by atoms with Crippen LogP contribution in [0, 0.1) is 13.8 Å². The molecule has 2 aromatic rings. The minimum absolute atomic E-state index is 0.797. The predicted octanol–water partition coefficient (Wildman–Crippen LogP) is 3.66. The molecule has 0 amide bonds. The van der Waals surface area contributed by atoms with E-state index in [-0.39, 0.29) is 0 Å². The Morgan fingerprint density at radius 1 is 1.40 bits per heavy atom. The Morgan fingerprint density at radius 3 is 2.80 bits per heavy atom. The molecule has 0 aliphatic rings. The lowest BCUT2D eigenvalue weighted by atomic mass is 10.4. The fourth-order valence-corrected chi connectivity index (χ4v) is 2.27. The molecule has 2 rings (SSSR count). The van der Waals surface area contributed by atoms with Gasteiger partial charge >= 0.3 is 0 Å². The molecule has 5 heteroatoms. The number of thiazole rings is 1. The summed E-state index contributed by atoms with van der Waals surface area (Å²) in [6, 6.07) is 3.83. The van der Waals surface area contributed by atoms with Crippen molar-refractivity contribution in [1.29, 1.82) is 0 Å². The molecule has 0 fully saturated rings. The monoisotopic (exact) mass is 283 g/mol. The van der Waals surface area contributed by atoms with Gasteiger partial charge in [-0.3, -0.25) is 0 Å². The predicted molar refractivity (Wildman–Crippen MR) is 66.8 cm³/mol. The Morgan fingerprint density at radius 2 is 2.20 bits per heavy atom. The number of nitrogens with one attached hydrogen (secondary N) is 1. The minimum Gasteiger partial charge on any atom is -0.315 e. The zero-order valence-electron chi connectivity index (χ0n) is 8.41. The maximum absolute atomic E-state index is 4.39. The van der Waals surface area contributed by atoms with E-state index < -0.39 is 0 Å². The van der Waals surface area contributed by atoms with Crippen LogP contribution in [0.25, 0.3) is 0 Å². The molecular formula is C10H10BrN3S. The first kappa shape index (κ1) is 10.6. The third-order valence-electron chi connectivity index (χ3n) is 2.01. The number of hydrogen-bond acceptors (Lipinski definition) is 4. The molecule has 0 aliphatic heterocycles. The zero-order chi connectivity index (χ0) is 10.8. The van der Waals surface area contributed by atoms with Gasteiger partial charge < -0.3 is 5.32 Å². The van der Waals surface area contributed by atoms with Crippen LogP contribution in [-0.4, -0.2) is 9.97 Å². The number of aryl methyl sites for hydroxylation is 2. The number of halogens is 1. The first-order valence-electron chi connectivity index (χ1n) is 4.48. The highest BCUT2D eigenvalue weighted by atomic mass is 79.9. The minimum atomic E-state index is 0.797. The summed E-state index contributed by atoms with van der Waals surface area (Å²) < 4.78 is 0.940. The van der Waals surface area contributed by atoms with E-state index in [1.165, 1.54) is 4.88 Å². The number of aromatic nitrogens is 2. The summed E-state index contributed by atoms with van der Waals surface area (Å²) in [6.07, 6.45) is 1.75. The maximum Gasteiger partial charge on any atom is 0.188 e. The third-order valence-corrected chi connectivity index (χ3v) is 3.64. The van der Waals surface area contributed by atoms with Gasteiger partial charge in [0.1, 0.15) is 5.82 Å². The van der Waals surface area contributed by atoms with Crippen LogP contribution < -0.4 is 5.32 Å². The topological polar surface area (TPSA) is 37.8 Å². The lowest BCUT2D eigenvalue weighted by Crippen LogP contribution is -1.93. The second kappa shape index (κ2) is 4.28. The van der Waals surface area contributed by atoms with E-state index in [1.54, 1.807) is 17.5 Å². The van der Waals surface area contributed by atoms with E-state index >= 15 is 0 Å². The van der Waals surface area contributed by atoms with Crippen molar-refractivity contribution in [2.45, 2.75) is 13.8 Å². The van der Waals surface area contributed by atoms with E-state index in [1.807, 2.05) is 19.1 Å². The van der Waals surface area contributed by atoms with Crippen LogP contribution >= 0.6 is 27.3 Å². The summed E-state index contributed by atoms with van der Waals surface area (Å²) in [5.41, 5.74) is 1.06. The highest BCUT2D eigenvalue weighted by Crippen LogP contribution is 2.27. The smallest absolute Gasteiger partial charge is 0.188 e. The number of hydrogen-bond donors (Lipinski definition) is 1. The second-order valence-corrected chi connectivity index (χ2v) is 5.18. The van der Waals surface area contributed by atoms with Gasteiger partial charge in [-0.2, -0.15) is 0 Å². The molecule has 0 unspecified atom stereocenters. The van der Waals surface area contributed by atoms with E-state index in [0.717, 1.165) is 21.1 Å². The van der Waals surface area contributed by atoms with Crippen molar-refractivity contribution in [2.24, 2.45) is 0 Å². The van der Waals surface area contributed by atoms with Gasteiger partial charge in [0, 0.05) is 11.1 Å². The van der Waals surface area contributed by atoms with Crippen molar-refractivity contribution < 1.29 is 0 Å². The summed E-state index contributed by atoms with van der Waals surface area (Å²) in [6.45, 7) is 4.07. The van der Waals surface area contributed by atoms with Crippen molar-refractivity contribution in [3.63, 3.8) is 0 Å². The molecule has 0 saturated heterocycles. The van der Waals surface area contributed by atoms with Crippen molar-refractivity contribution in [3.05, 3.63) is 33.4 Å². The molecule has 0 saturated carbocycles. The number of anilines is 2. The van der Waals surface area contributed by atoms with Crippen molar-refractivity contribution in [1.82, 2.24) is 9.97 Å². The maximum atomic E-state index is 4.39. The molecule has 0 aromatic carbocycles. The lowest BCUT2D eigenvalue weighted by Gasteiger charge is -2.02. The molecule has 0 atom stereocenters. The quantitative estimate of drug-likeness (QED) is 0.914. The van der Waals surface area contributed by atoms with Gasteiger partial charge in [-0.05, 0) is 41.9 Å². The Labute approximate surface area is 101 Å². The standard InChI is InChI=1S/C10H10BrN3S/c1-6-7(2)15-10(13-6)14-9-8(11)4-3-5-12-9/h3-5H,1-2H3,(H,12,13,14). The van der Waals surface area contributed by atoms with Gasteiger partial charge in [0.15, 0.2) is 5.13 Å². The van der Waals surface area contributed by atoms with Crippen molar-refractivity contribution >= 4 is 38.2 Å². The van der Waals surface area contributed by atoms with Gasteiger partial charge in [-0.25, -0.2) is 9.97 Å². The fourth-order valence-electron chi connectivity index (χ4n) is 1.11. The van der Waals surface area contributed by atoms with E-state index in [0.29, 0.717) is 0 Å². The van der Waals surface area contributed by atoms with Gasteiger partial charge in [-0.1, -0.05) is 0 Å². The van der Waals surface area contributed by atoms with Crippen LogP contribution in [0.3, 0.4) is 0 Å². The summed E-state index contributed by atoms with van der Waals surface area (Å²) in [4.78, 5) is 9.84. The summed E-state index contributed by atoms with van der Waals surface area (Å²) in [7, 11) is 0. The highest BCUT2D eigenvalue weighted by Gasteiger charge is 2.05. The normalized spacial score (nSPS) is 10.3. The first-order valence-corrected chi connectivity index (χ1v) is 6.09. The van der Waals surface area contributed by atoms with Crippen LogP contribution in [0.4, 0.5) is 10.9 Å². The van der Waals surface area contributed by atoms with Crippen molar-refractivity contribution in [3.8, 4) is 0 Å². The molecule has 1 N–H and O–H groups in total. The molecule has 2 heterocycles. The summed E-state index contributed by atoms with van der Waals surface area (Å²) in [5.74, 6) is 0.797. The number of nitrogens with zero attached hydrogens (tertiary/aromatic N) is 2. The lowest BCUT2D eigenvalue weighted by molar-refractivity contribution is 1.21. The zero-order valence-corrected chi connectivity index (χ0v) is 10.8.